The first-order chi connectivity index (χ1) is 10.7. The number of anilines is 1. The maximum atomic E-state index is 5.39. The Kier molecular flexibility index (Phi) is 4.24. The van der Waals surface area contributed by atoms with Gasteiger partial charge in [-0.15, -0.1) is 11.3 Å². The molecule has 0 radical (unpaired) electrons. The average molecular weight is 313 g/mol. The lowest BCUT2D eigenvalue weighted by Gasteiger charge is -2.10. The van der Waals surface area contributed by atoms with Gasteiger partial charge in [0.1, 0.15) is 22.7 Å². The Labute approximate surface area is 134 Å². The van der Waals surface area contributed by atoms with Crippen LogP contribution >= 0.6 is 11.3 Å². The maximum absolute atomic E-state index is 5.39. The third kappa shape index (κ3) is 2.76. The van der Waals surface area contributed by atoms with Crippen LogP contribution in [0.15, 0.2) is 30.6 Å². The number of para-hydroxylation sites is 1. The summed E-state index contributed by atoms with van der Waals surface area (Å²) in [6.45, 7) is 5.06. The minimum atomic E-state index is 0.806. The van der Waals surface area contributed by atoms with E-state index in [1.54, 1.807) is 24.8 Å². The molecule has 2 aromatic heterocycles. The van der Waals surface area contributed by atoms with E-state index >= 15 is 0 Å². The molecule has 0 amide bonds. The van der Waals surface area contributed by atoms with Gasteiger partial charge < -0.3 is 10.1 Å². The zero-order chi connectivity index (χ0) is 15.5. The molecule has 0 fully saturated rings. The topological polar surface area (TPSA) is 47.0 Å². The van der Waals surface area contributed by atoms with Crippen molar-refractivity contribution in [3.63, 3.8) is 0 Å². The van der Waals surface area contributed by atoms with Crippen molar-refractivity contribution in [1.29, 1.82) is 0 Å². The molecule has 1 aromatic carbocycles. The summed E-state index contributed by atoms with van der Waals surface area (Å²) in [6, 6.07) is 8.11. The van der Waals surface area contributed by atoms with Crippen molar-refractivity contribution in [2.24, 2.45) is 0 Å². The van der Waals surface area contributed by atoms with Crippen LogP contribution in [0.1, 0.15) is 16.0 Å². The summed E-state index contributed by atoms with van der Waals surface area (Å²) in [7, 11) is 1.71. The number of ether oxygens (including phenoxy) is 1. The van der Waals surface area contributed by atoms with Crippen LogP contribution < -0.4 is 10.1 Å². The Hall–Kier alpha value is -2.14. The van der Waals surface area contributed by atoms with E-state index in [1.807, 2.05) is 18.2 Å². The molecule has 4 nitrogen and oxygen atoms in total. The largest absolute Gasteiger partial charge is 0.496 e. The molecule has 2 heterocycles. The lowest BCUT2D eigenvalue weighted by atomic mass is 10.1. The fourth-order valence-corrected chi connectivity index (χ4v) is 3.54. The van der Waals surface area contributed by atoms with Crippen LogP contribution in [0.3, 0.4) is 0 Å². The molecule has 0 bridgehead atoms. The molecule has 0 atom stereocenters. The minimum absolute atomic E-state index is 0.806. The number of fused-ring (bicyclic) bond motifs is 1. The fourth-order valence-electron chi connectivity index (χ4n) is 2.54. The van der Waals surface area contributed by atoms with E-state index in [0.717, 1.165) is 34.7 Å². The van der Waals surface area contributed by atoms with Gasteiger partial charge in [-0.25, -0.2) is 9.97 Å². The van der Waals surface area contributed by atoms with Crippen molar-refractivity contribution in [2.75, 3.05) is 19.0 Å². The molecule has 1 N–H and O–H groups in total. The Morgan fingerprint density at radius 2 is 2.00 bits per heavy atom. The monoisotopic (exact) mass is 313 g/mol. The number of benzene rings is 1. The van der Waals surface area contributed by atoms with E-state index in [2.05, 4.69) is 35.2 Å². The molecule has 0 aliphatic rings. The third-order valence-corrected chi connectivity index (χ3v) is 4.96. The van der Waals surface area contributed by atoms with Crippen LogP contribution in [0.2, 0.25) is 0 Å². The van der Waals surface area contributed by atoms with Crippen molar-refractivity contribution < 1.29 is 4.74 Å². The van der Waals surface area contributed by atoms with E-state index in [9.17, 15) is 0 Å². The van der Waals surface area contributed by atoms with Gasteiger partial charge in [-0.2, -0.15) is 0 Å². The van der Waals surface area contributed by atoms with Gasteiger partial charge in [-0.05, 0) is 37.5 Å². The van der Waals surface area contributed by atoms with Gasteiger partial charge >= 0.3 is 0 Å². The first-order valence-corrected chi connectivity index (χ1v) is 8.09. The zero-order valence-electron chi connectivity index (χ0n) is 13.0. The summed E-state index contributed by atoms with van der Waals surface area (Å²) < 4.78 is 5.39. The molecule has 114 valence electrons. The van der Waals surface area contributed by atoms with Crippen LogP contribution in [0.25, 0.3) is 10.2 Å². The lowest BCUT2D eigenvalue weighted by molar-refractivity contribution is 0.410. The van der Waals surface area contributed by atoms with Gasteiger partial charge in [0.05, 0.1) is 12.5 Å². The number of methoxy groups -OCH3 is 1. The summed E-state index contributed by atoms with van der Waals surface area (Å²) in [4.78, 5) is 11.1. The predicted molar refractivity (Wildman–Crippen MR) is 92.1 cm³/mol. The van der Waals surface area contributed by atoms with Gasteiger partial charge in [-0.1, -0.05) is 18.2 Å². The van der Waals surface area contributed by atoms with Crippen molar-refractivity contribution in [3.05, 3.63) is 46.6 Å². The van der Waals surface area contributed by atoms with Crippen LogP contribution in [0, 0.1) is 13.8 Å². The number of aryl methyl sites for hydroxylation is 2. The van der Waals surface area contributed by atoms with E-state index in [4.69, 9.17) is 4.74 Å². The molecule has 0 aliphatic heterocycles. The molecule has 0 aliphatic carbocycles. The normalized spacial score (nSPS) is 10.9. The number of nitrogens with one attached hydrogen (secondary N) is 1. The highest BCUT2D eigenvalue weighted by Crippen LogP contribution is 2.32. The molecule has 22 heavy (non-hydrogen) atoms. The molecule has 3 rings (SSSR count). The second kappa shape index (κ2) is 6.32. The van der Waals surface area contributed by atoms with E-state index in [1.165, 1.54) is 16.0 Å². The summed E-state index contributed by atoms with van der Waals surface area (Å²) in [5.74, 6) is 1.85. The molecule has 0 unspecified atom stereocenters. The second-order valence-corrected chi connectivity index (χ2v) is 6.38. The van der Waals surface area contributed by atoms with Gasteiger partial charge in [0.25, 0.3) is 0 Å². The van der Waals surface area contributed by atoms with Crippen molar-refractivity contribution in [2.45, 2.75) is 20.3 Å². The maximum Gasteiger partial charge on any atom is 0.138 e. The standard InChI is InChI=1S/C17H19N3OS/c1-11-12(2)22-17-15(11)16(19-10-20-17)18-9-8-13-6-4-5-7-14(13)21-3/h4-7,10H,8-9H2,1-3H3,(H,18,19,20). The second-order valence-electron chi connectivity index (χ2n) is 5.17. The number of aromatic nitrogens is 2. The number of nitrogens with zero attached hydrogens (tertiary/aromatic N) is 2. The molecule has 0 saturated heterocycles. The third-order valence-electron chi connectivity index (χ3n) is 3.84. The van der Waals surface area contributed by atoms with Crippen LogP contribution in [0.4, 0.5) is 5.82 Å². The summed E-state index contributed by atoms with van der Waals surface area (Å²) >= 11 is 1.72. The zero-order valence-corrected chi connectivity index (χ0v) is 13.8. The number of thiophene rings is 1. The quantitative estimate of drug-likeness (QED) is 0.774. The smallest absolute Gasteiger partial charge is 0.138 e. The molecule has 0 saturated carbocycles. The van der Waals surface area contributed by atoms with Gasteiger partial charge in [0, 0.05) is 11.4 Å². The van der Waals surface area contributed by atoms with Crippen molar-refractivity contribution >= 4 is 27.4 Å². The van der Waals surface area contributed by atoms with Crippen LogP contribution in [-0.2, 0) is 6.42 Å². The van der Waals surface area contributed by atoms with Crippen LogP contribution in [0.5, 0.6) is 5.75 Å². The average Bonchev–Trinajstić information content (AvgIpc) is 2.83. The van der Waals surface area contributed by atoms with E-state index in [0.29, 0.717) is 0 Å². The molecular weight excluding hydrogens is 294 g/mol. The van der Waals surface area contributed by atoms with E-state index in [-0.39, 0.29) is 0 Å². The van der Waals surface area contributed by atoms with Gasteiger partial charge in [0.2, 0.25) is 0 Å². The van der Waals surface area contributed by atoms with E-state index < -0.39 is 0 Å². The summed E-state index contributed by atoms with van der Waals surface area (Å²) in [5, 5.41) is 4.59. The van der Waals surface area contributed by atoms with Gasteiger partial charge in [-0.3, -0.25) is 0 Å². The Balaban J connectivity index is 1.77. The summed E-state index contributed by atoms with van der Waals surface area (Å²) in [5.41, 5.74) is 2.46. The molecule has 5 heteroatoms. The first kappa shape index (κ1) is 14.8. The summed E-state index contributed by atoms with van der Waals surface area (Å²) in [6.07, 6.45) is 2.51. The number of hydrogen-bond acceptors (Lipinski definition) is 5. The first-order valence-electron chi connectivity index (χ1n) is 7.27. The highest BCUT2D eigenvalue weighted by molar-refractivity contribution is 7.18. The van der Waals surface area contributed by atoms with Crippen molar-refractivity contribution in [1.82, 2.24) is 9.97 Å². The highest BCUT2D eigenvalue weighted by Gasteiger charge is 2.11. The Morgan fingerprint density at radius 3 is 2.82 bits per heavy atom. The molecular formula is C17H19N3OS. The minimum Gasteiger partial charge on any atom is -0.496 e. The number of rotatable bonds is 5. The predicted octanol–water partition coefficient (Wildman–Crippen LogP) is 3.97. The SMILES string of the molecule is COc1ccccc1CCNc1ncnc2sc(C)c(C)c12. The molecule has 3 aromatic rings. The van der Waals surface area contributed by atoms with Crippen LogP contribution in [-0.4, -0.2) is 23.6 Å². The molecule has 0 spiro atoms. The Bertz CT molecular complexity index is 798. The lowest BCUT2D eigenvalue weighted by Crippen LogP contribution is -2.07. The van der Waals surface area contributed by atoms with Crippen molar-refractivity contribution in [3.8, 4) is 5.75 Å². The Morgan fingerprint density at radius 1 is 1.18 bits per heavy atom. The fraction of sp³-hybridized carbons (Fsp3) is 0.294. The van der Waals surface area contributed by atoms with Gasteiger partial charge in [0.15, 0.2) is 0 Å². The highest BCUT2D eigenvalue weighted by atomic mass is 32.1. The number of hydrogen-bond donors (Lipinski definition) is 1.